The number of Topliss-reactive ketones (excluding diaryl/α,β-unsaturated/α-hetero) is 1. The molecule has 0 aliphatic heterocycles. The fourth-order valence-electron chi connectivity index (χ4n) is 0.882. The molecule has 0 rings (SSSR count). The van der Waals surface area contributed by atoms with E-state index >= 15 is 0 Å². The first-order valence-electron chi connectivity index (χ1n) is 4.76. The van der Waals surface area contributed by atoms with Crippen LogP contribution in [0.1, 0.15) is 40.0 Å². The van der Waals surface area contributed by atoms with Gasteiger partial charge in [0.15, 0.2) is 5.78 Å². The van der Waals surface area contributed by atoms with E-state index in [1.165, 1.54) is 6.42 Å². The van der Waals surface area contributed by atoms with Crippen LogP contribution < -0.4 is 0 Å². The first-order valence-corrected chi connectivity index (χ1v) is 4.76. The number of hydrogen-bond acceptors (Lipinski definition) is 2. The van der Waals surface area contributed by atoms with E-state index in [4.69, 9.17) is 4.74 Å². The van der Waals surface area contributed by atoms with Gasteiger partial charge < -0.3 is 4.74 Å². The molecule has 0 unspecified atom stereocenters. The zero-order valence-electron chi connectivity index (χ0n) is 8.43. The minimum absolute atomic E-state index is 0.194. The quantitative estimate of drug-likeness (QED) is 0.551. The maximum absolute atomic E-state index is 10.8. The fourth-order valence-corrected chi connectivity index (χ4v) is 0.882. The fraction of sp³-hybridized carbons (Fsp3) is 0.900. The molecule has 0 saturated heterocycles. The van der Waals surface area contributed by atoms with Gasteiger partial charge in [0.1, 0.15) is 6.61 Å². The summed E-state index contributed by atoms with van der Waals surface area (Å²) >= 11 is 0. The average molecular weight is 172 g/mol. The molecule has 72 valence electrons. The zero-order chi connectivity index (χ0) is 9.40. The summed E-state index contributed by atoms with van der Waals surface area (Å²) in [5, 5.41) is 0. The summed E-state index contributed by atoms with van der Waals surface area (Å²) in [6.07, 6.45) is 2.83. The van der Waals surface area contributed by atoms with E-state index in [1.54, 1.807) is 0 Å². The van der Waals surface area contributed by atoms with Gasteiger partial charge in [-0.3, -0.25) is 4.79 Å². The molecule has 0 radical (unpaired) electrons. The van der Waals surface area contributed by atoms with Crippen LogP contribution in [-0.2, 0) is 9.53 Å². The van der Waals surface area contributed by atoms with Crippen molar-refractivity contribution < 1.29 is 9.53 Å². The van der Waals surface area contributed by atoms with Gasteiger partial charge in [-0.2, -0.15) is 0 Å². The van der Waals surface area contributed by atoms with Crippen LogP contribution in [0, 0.1) is 5.92 Å². The Balaban J connectivity index is 3.05. The smallest absolute Gasteiger partial charge is 0.158 e. The third-order valence-electron chi connectivity index (χ3n) is 1.73. The molecule has 0 atom stereocenters. The van der Waals surface area contributed by atoms with Crippen LogP contribution in [-0.4, -0.2) is 19.0 Å². The summed E-state index contributed by atoms with van der Waals surface area (Å²) < 4.78 is 5.19. The van der Waals surface area contributed by atoms with Crippen molar-refractivity contribution in [1.29, 1.82) is 0 Å². The largest absolute Gasteiger partial charge is 0.374 e. The minimum atomic E-state index is 0.194. The first-order chi connectivity index (χ1) is 5.66. The highest BCUT2D eigenvalue weighted by Crippen LogP contribution is 2.02. The molecule has 0 spiro atoms. The lowest BCUT2D eigenvalue weighted by Crippen LogP contribution is -2.08. The van der Waals surface area contributed by atoms with Gasteiger partial charge in [-0.15, -0.1) is 0 Å². The predicted molar refractivity (Wildman–Crippen MR) is 50.2 cm³/mol. The Hall–Kier alpha value is -0.370. The van der Waals surface area contributed by atoms with Crippen LogP contribution in [0.5, 0.6) is 0 Å². The van der Waals surface area contributed by atoms with E-state index < -0.39 is 0 Å². The van der Waals surface area contributed by atoms with Crippen LogP contribution >= 0.6 is 0 Å². The van der Waals surface area contributed by atoms with Gasteiger partial charge in [-0.05, 0) is 18.8 Å². The molecular weight excluding hydrogens is 152 g/mol. The molecular formula is C10H20O2. The SMILES string of the molecule is CCC(=O)COCCCC(C)C. The van der Waals surface area contributed by atoms with Gasteiger partial charge in [0.25, 0.3) is 0 Å². The highest BCUT2D eigenvalue weighted by Gasteiger charge is 1.98. The van der Waals surface area contributed by atoms with Crippen molar-refractivity contribution >= 4 is 5.78 Å². The van der Waals surface area contributed by atoms with E-state index in [9.17, 15) is 4.79 Å². The Labute approximate surface area is 75.3 Å². The third kappa shape index (κ3) is 7.73. The Morgan fingerprint density at radius 1 is 1.42 bits per heavy atom. The second kappa shape index (κ2) is 7.29. The van der Waals surface area contributed by atoms with E-state index in [2.05, 4.69) is 13.8 Å². The highest BCUT2D eigenvalue weighted by molar-refractivity contribution is 5.79. The molecule has 0 saturated carbocycles. The molecule has 0 amide bonds. The summed E-state index contributed by atoms with van der Waals surface area (Å²) in [4.78, 5) is 10.8. The van der Waals surface area contributed by atoms with Crippen molar-refractivity contribution in [3.05, 3.63) is 0 Å². The average Bonchev–Trinajstić information content (AvgIpc) is 2.03. The van der Waals surface area contributed by atoms with E-state index in [0.29, 0.717) is 13.0 Å². The van der Waals surface area contributed by atoms with Crippen LogP contribution in [0.15, 0.2) is 0 Å². The van der Waals surface area contributed by atoms with Gasteiger partial charge >= 0.3 is 0 Å². The van der Waals surface area contributed by atoms with Crippen molar-refractivity contribution in [2.24, 2.45) is 5.92 Å². The minimum Gasteiger partial charge on any atom is -0.374 e. The van der Waals surface area contributed by atoms with Gasteiger partial charge in [-0.1, -0.05) is 20.8 Å². The number of rotatable bonds is 7. The zero-order valence-corrected chi connectivity index (χ0v) is 8.43. The molecule has 12 heavy (non-hydrogen) atoms. The van der Waals surface area contributed by atoms with E-state index in [0.717, 1.165) is 18.9 Å². The summed E-state index contributed by atoms with van der Waals surface area (Å²) in [5.74, 6) is 0.926. The Bertz CT molecular complexity index is 119. The number of ketones is 1. The maximum atomic E-state index is 10.8. The van der Waals surface area contributed by atoms with Crippen LogP contribution in [0.2, 0.25) is 0 Å². The van der Waals surface area contributed by atoms with Crippen molar-refractivity contribution in [2.75, 3.05) is 13.2 Å². The molecule has 0 aromatic rings. The van der Waals surface area contributed by atoms with Crippen LogP contribution in [0.3, 0.4) is 0 Å². The molecule has 0 aromatic carbocycles. The summed E-state index contributed by atoms with van der Waals surface area (Å²) in [6, 6.07) is 0. The lowest BCUT2D eigenvalue weighted by molar-refractivity contribution is -0.123. The third-order valence-corrected chi connectivity index (χ3v) is 1.73. The predicted octanol–water partition coefficient (Wildman–Crippen LogP) is 2.42. The van der Waals surface area contributed by atoms with E-state index in [1.807, 2.05) is 6.92 Å². The molecule has 0 heterocycles. The summed E-state index contributed by atoms with van der Waals surface area (Å²) in [6.45, 7) is 7.27. The Morgan fingerprint density at radius 2 is 2.08 bits per heavy atom. The standard InChI is InChI=1S/C10H20O2/c1-4-10(11)8-12-7-5-6-9(2)3/h9H,4-8H2,1-3H3. The second-order valence-corrected chi connectivity index (χ2v) is 3.48. The van der Waals surface area contributed by atoms with Gasteiger partial charge in [0.2, 0.25) is 0 Å². The Morgan fingerprint density at radius 3 is 2.58 bits per heavy atom. The van der Waals surface area contributed by atoms with Gasteiger partial charge in [0, 0.05) is 13.0 Å². The molecule has 0 N–H and O–H groups in total. The molecule has 2 heteroatoms. The molecule has 2 nitrogen and oxygen atoms in total. The highest BCUT2D eigenvalue weighted by atomic mass is 16.5. The van der Waals surface area contributed by atoms with Crippen molar-refractivity contribution in [1.82, 2.24) is 0 Å². The van der Waals surface area contributed by atoms with Crippen molar-refractivity contribution in [2.45, 2.75) is 40.0 Å². The summed E-state index contributed by atoms with van der Waals surface area (Å²) in [5.41, 5.74) is 0. The van der Waals surface area contributed by atoms with E-state index in [-0.39, 0.29) is 5.78 Å². The topological polar surface area (TPSA) is 26.3 Å². The molecule has 0 aliphatic rings. The van der Waals surface area contributed by atoms with Gasteiger partial charge in [-0.25, -0.2) is 0 Å². The number of ether oxygens (including phenoxy) is 1. The molecule has 0 fully saturated rings. The normalized spacial score (nSPS) is 10.7. The summed E-state index contributed by atoms with van der Waals surface area (Å²) in [7, 11) is 0. The number of carbonyl (C=O) groups excluding carboxylic acids is 1. The van der Waals surface area contributed by atoms with Gasteiger partial charge in [0.05, 0.1) is 0 Å². The van der Waals surface area contributed by atoms with Crippen LogP contribution in [0.25, 0.3) is 0 Å². The maximum Gasteiger partial charge on any atom is 0.158 e. The number of carbonyl (C=O) groups is 1. The lowest BCUT2D eigenvalue weighted by Gasteiger charge is -2.04. The lowest BCUT2D eigenvalue weighted by atomic mass is 10.1. The Kier molecular flexibility index (Phi) is 7.06. The van der Waals surface area contributed by atoms with Crippen LogP contribution in [0.4, 0.5) is 0 Å². The number of hydrogen-bond donors (Lipinski definition) is 0. The molecule has 0 bridgehead atoms. The molecule has 0 aliphatic carbocycles. The molecule has 0 aromatic heterocycles. The second-order valence-electron chi connectivity index (χ2n) is 3.48. The monoisotopic (exact) mass is 172 g/mol. The van der Waals surface area contributed by atoms with Crippen molar-refractivity contribution in [3.8, 4) is 0 Å². The van der Waals surface area contributed by atoms with Crippen molar-refractivity contribution in [3.63, 3.8) is 0 Å². The first kappa shape index (κ1) is 11.6.